The summed E-state index contributed by atoms with van der Waals surface area (Å²) in [6, 6.07) is 3.24. The number of halogens is 1. The Balaban J connectivity index is 2.45. The molecule has 0 unspecified atom stereocenters. The van der Waals surface area contributed by atoms with Gasteiger partial charge in [-0.25, -0.2) is 14.9 Å². The van der Waals surface area contributed by atoms with Crippen molar-refractivity contribution >= 4 is 12.0 Å². The van der Waals surface area contributed by atoms with Crippen molar-refractivity contribution in [2.24, 2.45) is 10.8 Å². The monoisotopic (exact) mass is 225 g/mol. The van der Waals surface area contributed by atoms with E-state index in [1.54, 1.807) is 6.07 Å². The molecule has 1 aromatic carbocycles. The molecule has 6 nitrogen and oxygen atoms in total. The van der Waals surface area contributed by atoms with E-state index in [-0.39, 0.29) is 12.3 Å². The van der Waals surface area contributed by atoms with E-state index in [0.717, 1.165) is 0 Å². The lowest BCUT2D eigenvalue weighted by molar-refractivity contribution is 0.384. The summed E-state index contributed by atoms with van der Waals surface area (Å²) in [7, 11) is 1.41. The van der Waals surface area contributed by atoms with Crippen LogP contribution in [0.4, 0.5) is 10.1 Å². The second kappa shape index (κ2) is 4.33. The molecule has 7 heteroatoms. The van der Waals surface area contributed by atoms with Crippen molar-refractivity contribution in [2.45, 2.75) is 6.54 Å². The third-order valence-corrected chi connectivity index (χ3v) is 2.27. The lowest BCUT2D eigenvalue weighted by atomic mass is 10.1. The van der Waals surface area contributed by atoms with Crippen LogP contribution in [0.1, 0.15) is 5.56 Å². The second-order valence-corrected chi connectivity index (χ2v) is 3.12. The van der Waals surface area contributed by atoms with Gasteiger partial charge in [0.1, 0.15) is 6.34 Å². The van der Waals surface area contributed by atoms with E-state index >= 15 is 0 Å². The second-order valence-electron chi connectivity index (χ2n) is 3.12. The van der Waals surface area contributed by atoms with Gasteiger partial charge in [-0.15, -0.1) is 5.53 Å². The minimum atomic E-state index is -0.454. The van der Waals surface area contributed by atoms with Crippen LogP contribution in [0.2, 0.25) is 0 Å². The van der Waals surface area contributed by atoms with Gasteiger partial charge < -0.3 is 10.5 Å². The van der Waals surface area contributed by atoms with E-state index in [9.17, 15) is 4.39 Å². The number of hydrogen-bond acceptors (Lipinski definition) is 6. The fourth-order valence-corrected chi connectivity index (χ4v) is 1.49. The van der Waals surface area contributed by atoms with Gasteiger partial charge in [0, 0.05) is 12.1 Å². The van der Waals surface area contributed by atoms with Gasteiger partial charge in [-0.2, -0.15) is 5.10 Å². The molecular formula is C9H12FN5O. The molecule has 2 rings (SSSR count). The third kappa shape index (κ3) is 1.66. The molecule has 0 bridgehead atoms. The van der Waals surface area contributed by atoms with Gasteiger partial charge in [0.05, 0.1) is 12.8 Å². The first kappa shape index (κ1) is 10.7. The molecule has 86 valence electrons. The molecule has 4 N–H and O–H groups in total. The summed E-state index contributed by atoms with van der Waals surface area (Å²) in [5, 5.41) is 5.27. The highest BCUT2D eigenvalue weighted by molar-refractivity contribution is 5.80. The topological polar surface area (TPSA) is 74.9 Å². The number of hydrazone groups is 1. The average molecular weight is 225 g/mol. The zero-order valence-electron chi connectivity index (χ0n) is 8.70. The number of nitrogens with one attached hydrogen (secondary N) is 2. The Morgan fingerprint density at radius 2 is 2.38 bits per heavy atom. The van der Waals surface area contributed by atoms with Crippen LogP contribution in [-0.2, 0) is 6.54 Å². The molecule has 0 aromatic heterocycles. The fraction of sp³-hybridized carbons (Fsp3) is 0.222. The molecule has 1 heterocycles. The Kier molecular flexibility index (Phi) is 2.88. The molecule has 1 aromatic rings. The smallest absolute Gasteiger partial charge is 0.171 e. The van der Waals surface area contributed by atoms with Crippen LogP contribution in [0.3, 0.4) is 0 Å². The van der Waals surface area contributed by atoms with Crippen molar-refractivity contribution in [1.82, 2.24) is 11.1 Å². The normalized spacial score (nSPS) is 14.1. The number of anilines is 1. The number of nitrogens with zero attached hydrogens (tertiary/aromatic N) is 2. The number of nitrogens with two attached hydrogens (primary N) is 1. The fourth-order valence-electron chi connectivity index (χ4n) is 1.49. The molecule has 1 aliphatic heterocycles. The van der Waals surface area contributed by atoms with Gasteiger partial charge in [-0.05, 0) is 12.1 Å². The highest BCUT2D eigenvalue weighted by Gasteiger charge is 2.18. The van der Waals surface area contributed by atoms with Gasteiger partial charge in [0.2, 0.25) is 0 Å². The first-order valence-electron chi connectivity index (χ1n) is 4.66. The summed E-state index contributed by atoms with van der Waals surface area (Å²) in [6.45, 7) is 0.0738. The van der Waals surface area contributed by atoms with E-state index in [0.29, 0.717) is 11.3 Å². The average Bonchev–Trinajstić information content (AvgIpc) is 2.82. The Bertz CT molecular complexity index is 423. The molecule has 0 atom stereocenters. The molecule has 0 spiro atoms. The largest absolute Gasteiger partial charge is 0.494 e. The molecule has 1 aliphatic rings. The van der Waals surface area contributed by atoms with Crippen molar-refractivity contribution in [3.8, 4) is 5.75 Å². The van der Waals surface area contributed by atoms with Crippen LogP contribution in [0.5, 0.6) is 5.75 Å². The maximum Gasteiger partial charge on any atom is 0.171 e. The molecule has 0 saturated heterocycles. The Labute approximate surface area is 91.8 Å². The SMILES string of the molecule is COc1ccc(N2C=NNN2)c(CN)c1F. The van der Waals surface area contributed by atoms with E-state index in [2.05, 4.69) is 16.2 Å². The van der Waals surface area contributed by atoms with Crippen molar-refractivity contribution in [2.75, 3.05) is 12.1 Å². The van der Waals surface area contributed by atoms with Crippen molar-refractivity contribution in [1.29, 1.82) is 0 Å². The van der Waals surface area contributed by atoms with E-state index in [1.807, 2.05) is 0 Å². The van der Waals surface area contributed by atoms with Crippen molar-refractivity contribution in [3.05, 3.63) is 23.5 Å². The van der Waals surface area contributed by atoms with Gasteiger partial charge in [0.25, 0.3) is 0 Å². The van der Waals surface area contributed by atoms with Crippen LogP contribution < -0.4 is 26.5 Å². The molecule has 0 radical (unpaired) electrons. The summed E-state index contributed by atoms with van der Waals surface area (Å²) < 4.78 is 18.7. The lowest BCUT2D eigenvalue weighted by Gasteiger charge is -2.18. The number of ether oxygens (including phenoxy) is 1. The van der Waals surface area contributed by atoms with Crippen LogP contribution >= 0.6 is 0 Å². The third-order valence-electron chi connectivity index (χ3n) is 2.27. The summed E-state index contributed by atoms with van der Waals surface area (Å²) in [6.07, 6.45) is 1.49. The van der Waals surface area contributed by atoms with Crippen LogP contribution in [-0.4, -0.2) is 13.4 Å². The molecule has 16 heavy (non-hydrogen) atoms. The number of hydrazine groups is 2. The van der Waals surface area contributed by atoms with Gasteiger partial charge in [-0.1, -0.05) is 0 Å². The standard InChI is InChI=1S/C9H12FN5O/c1-16-8-3-2-7(6(4-11)9(8)10)15-5-12-13-14-15/h2-3,5,13-14H,4,11H2,1H3. The maximum atomic E-state index is 13.9. The number of rotatable bonds is 3. The van der Waals surface area contributed by atoms with Crippen LogP contribution in [0.25, 0.3) is 0 Å². The summed E-state index contributed by atoms with van der Waals surface area (Å²) in [4.78, 5) is 0. The molecule has 0 aliphatic carbocycles. The highest BCUT2D eigenvalue weighted by atomic mass is 19.1. The molecule has 0 saturated carbocycles. The first-order chi connectivity index (χ1) is 7.77. The van der Waals surface area contributed by atoms with Crippen molar-refractivity contribution < 1.29 is 9.13 Å². The summed E-state index contributed by atoms with van der Waals surface area (Å²) in [5.74, 6) is -0.280. The predicted octanol–water partition coefficient (Wildman–Crippen LogP) is 0.0655. The number of hydrogen-bond donors (Lipinski definition) is 3. The van der Waals surface area contributed by atoms with E-state index in [4.69, 9.17) is 10.5 Å². The van der Waals surface area contributed by atoms with Crippen LogP contribution in [0.15, 0.2) is 17.2 Å². The van der Waals surface area contributed by atoms with Gasteiger partial charge in [0.15, 0.2) is 11.6 Å². The molecular weight excluding hydrogens is 213 g/mol. The maximum absolute atomic E-state index is 13.9. The minimum Gasteiger partial charge on any atom is -0.494 e. The zero-order valence-corrected chi connectivity index (χ0v) is 8.70. The quantitative estimate of drug-likeness (QED) is 0.678. The first-order valence-corrected chi connectivity index (χ1v) is 4.66. The van der Waals surface area contributed by atoms with Crippen LogP contribution in [0, 0.1) is 5.82 Å². The summed E-state index contributed by atoms with van der Waals surface area (Å²) in [5.41, 5.74) is 11.7. The Morgan fingerprint density at radius 3 is 2.94 bits per heavy atom. The van der Waals surface area contributed by atoms with E-state index < -0.39 is 5.82 Å². The van der Waals surface area contributed by atoms with E-state index in [1.165, 1.54) is 24.5 Å². The lowest BCUT2D eigenvalue weighted by Crippen LogP contribution is -2.38. The Hall–Kier alpha value is -1.86. The minimum absolute atomic E-state index is 0.0738. The van der Waals surface area contributed by atoms with Crippen molar-refractivity contribution in [3.63, 3.8) is 0 Å². The Morgan fingerprint density at radius 1 is 1.56 bits per heavy atom. The molecule has 0 amide bonds. The number of benzene rings is 1. The predicted molar refractivity (Wildman–Crippen MR) is 58.1 cm³/mol. The number of methoxy groups -OCH3 is 1. The molecule has 0 fully saturated rings. The van der Waals surface area contributed by atoms with Gasteiger partial charge >= 0.3 is 0 Å². The zero-order chi connectivity index (χ0) is 11.5. The summed E-state index contributed by atoms with van der Waals surface area (Å²) >= 11 is 0. The van der Waals surface area contributed by atoms with Gasteiger partial charge in [-0.3, -0.25) is 0 Å². The highest BCUT2D eigenvalue weighted by Crippen LogP contribution is 2.28.